The van der Waals surface area contributed by atoms with Gasteiger partial charge in [0.25, 0.3) is 0 Å². The number of anilines is 1. The van der Waals surface area contributed by atoms with Crippen LogP contribution in [0.5, 0.6) is 0 Å². The number of nitrogens with zero attached hydrogens (tertiary/aromatic N) is 1. The van der Waals surface area contributed by atoms with E-state index in [9.17, 15) is 13.2 Å². The van der Waals surface area contributed by atoms with Crippen LogP contribution < -0.4 is 4.31 Å². The van der Waals surface area contributed by atoms with Gasteiger partial charge in [-0.2, -0.15) is 0 Å². The van der Waals surface area contributed by atoms with Crippen LogP contribution in [0, 0.1) is 0 Å². The van der Waals surface area contributed by atoms with Crippen molar-refractivity contribution in [2.45, 2.75) is 0 Å². The van der Waals surface area contributed by atoms with Crippen molar-refractivity contribution in [3.63, 3.8) is 0 Å². The van der Waals surface area contributed by atoms with Crippen molar-refractivity contribution in [2.75, 3.05) is 24.7 Å². The van der Waals surface area contributed by atoms with E-state index >= 15 is 0 Å². The number of hydrogen-bond acceptors (Lipinski definition) is 4. The van der Waals surface area contributed by atoms with Crippen LogP contribution in [0.4, 0.5) is 5.69 Å². The number of rotatable bonds is 3. The molecule has 0 heterocycles. The van der Waals surface area contributed by atoms with Gasteiger partial charge in [0.2, 0.25) is 10.0 Å². The first-order valence-corrected chi connectivity index (χ1v) is 7.23. The van der Waals surface area contributed by atoms with Crippen molar-refractivity contribution < 1.29 is 17.9 Å². The summed E-state index contributed by atoms with van der Waals surface area (Å²) in [6.07, 6.45) is 1.07. The number of benzene rings is 1. The van der Waals surface area contributed by atoms with Gasteiger partial charge in [-0.15, -0.1) is 0 Å². The maximum Gasteiger partial charge on any atom is 0.340 e. The van der Waals surface area contributed by atoms with E-state index in [0.29, 0.717) is 4.47 Å². The van der Waals surface area contributed by atoms with Crippen molar-refractivity contribution in [2.24, 2.45) is 0 Å². The summed E-state index contributed by atoms with van der Waals surface area (Å²) in [6.45, 7) is 0. The molecule has 1 aromatic carbocycles. The first kappa shape index (κ1) is 14.0. The van der Waals surface area contributed by atoms with Gasteiger partial charge >= 0.3 is 5.97 Å². The highest BCUT2D eigenvalue weighted by Gasteiger charge is 2.20. The van der Waals surface area contributed by atoms with E-state index in [1.165, 1.54) is 26.3 Å². The lowest BCUT2D eigenvalue weighted by molar-refractivity contribution is 0.0601. The largest absolute Gasteiger partial charge is 0.465 e. The summed E-state index contributed by atoms with van der Waals surface area (Å²) in [5.74, 6) is -0.586. The summed E-state index contributed by atoms with van der Waals surface area (Å²) in [6, 6.07) is 4.71. The molecule has 0 atom stereocenters. The molecular formula is C10H12BrNO4S. The highest BCUT2D eigenvalue weighted by molar-refractivity contribution is 9.10. The number of ether oxygens (including phenoxy) is 1. The SMILES string of the molecule is COC(=O)c1cc(Br)ccc1N(C)S(C)(=O)=O. The molecule has 0 amide bonds. The standard InChI is InChI=1S/C10H12BrNO4S/c1-12(17(3,14)15)9-5-4-7(11)6-8(9)10(13)16-2/h4-6H,1-3H3. The predicted molar refractivity (Wildman–Crippen MR) is 68.7 cm³/mol. The van der Waals surface area contributed by atoms with E-state index in [1.807, 2.05) is 0 Å². The lowest BCUT2D eigenvalue weighted by atomic mass is 10.2. The van der Waals surface area contributed by atoms with Gasteiger partial charge in [-0.05, 0) is 18.2 Å². The maximum atomic E-state index is 11.6. The molecule has 0 fully saturated rings. The van der Waals surface area contributed by atoms with Gasteiger partial charge in [-0.3, -0.25) is 4.31 Å². The number of hydrogen-bond donors (Lipinski definition) is 0. The van der Waals surface area contributed by atoms with Gasteiger partial charge < -0.3 is 4.74 Å². The van der Waals surface area contributed by atoms with Crippen LogP contribution in [0.2, 0.25) is 0 Å². The van der Waals surface area contributed by atoms with E-state index in [1.54, 1.807) is 6.07 Å². The molecule has 7 heteroatoms. The minimum Gasteiger partial charge on any atom is -0.465 e. The van der Waals surface area contributed by atoms with E-state index in [4.69, 9.17) is 0 Å². The molecule has 0 saturated carbocycles. The molecule has 0 N–H and O–H groups in total. The fraction of sp³-hybridized carbons (Fsp3) is 0.300. The van der Waals surface area contributed by atoms with Crippen LogP contribution in [0.25, 0.3) is 0 Å². The fourth-order valence-corrected chi connectivity index (χ4v) is 2.11. The highest BCUT2D eigenvalue weighted by Crippen LogP contribution is 2.25. The van der Waals surface area contributed by atoms with Crippen LogP contribution in [-0.2, 0) is 14.8 Å². The molecule has 1 rings (SSSR count). The Kier molecular flexibility index (Phi) is 4.16. The minimum atomic E-state index is -3.42. The molecule has 17 heavy (non-hydrogen) atoms. The summed E-state index contributed by atoms with van der Waals surface area (Å²) in [7, 11) is -0.799. The average molecular weight is 322 g/mol. The highest BCUT2D eigenvalue weighted by atomic mass is 79.9. The zero-order chi connectivity index (χ0) is 13.2. The Morgan fingerprint density at radius 2 is 2.00 bits per heavy atom. The number of halogens is 1. The van der Waals surface area contributed by atoms with Crippen LogP contribution in [-0.4, -0.2) is 34.8 Å². The Morgan fingerprint density at radius 1 is 1.41 bits per heavy atom. The van der Waals surface area contributed by atoms with Gasteiger partial charge in [0.05, 0.1) is 24.6 Å². The lowest BCUT2D eigenvalue weighted by Gasteiger charge is -2.19. The van der Waals surface area contributed by atoms with Gasteiger partial charge in [-0.1, -0.05) is 15.9 Å². The minimum absolute atomic E-state index is 0.190. The van der Waals surface area contributed by atoms with Gasteiger partial charge in [0.1, 0.15) is 0 Å². The van der Waals surface area contributed by atoms with Crippen molar-refractivity contribution in [1.29, 1.82) is 0 Å². The van der Waals surface area contributed by atoms with Crippen LogP contribution >= 0.6 is 15.9 Å². The second-order valence-electron chi connectivity index (χ2n) is 3.38. The van der Waals surface area contributed by atoms with Crippen LogP contribution in [0.15, 0.2) is 22.7 Å². The third-order valence-corrected chi connectivity index (χ3v) is 3.89. The van der Waals surface area contributed by atoms with E-state index < -0.39 is 16.0 Å². The molecule has 94 valence electrons. The molecule has 0 aliphatic carbocycles. The fourth-order valence-electron chi connectivity index (χ4n) is 1.23. The summed E-state index contributed by atoms with van der Waals surface area (Å²) in [4.78, 5) is 11.6. The topological polar surface area (TPSA) is 63.7 Å². The molecule has 0 aliphatic heterocycles. The molecular weight excluding hydrogens is 310 g/mol. The van der Waals surface area contributed by atoms with Crippen LogP contribution in [0.1, 0.15) is 10.4 Å². The smallest absolute Gasteiger partial charge is 0.340 e. The van der Waals surface area contributed by atoms with Crippen molar-refractivity contribution in [3.8, 4) is 0 Å². The van der Waals surface area contributed by atoms with E-state index in [0.717, 1.165) is 10.6 Å². The van der Waals surface area contributed by atoms with E-state index in [2.05, 4.69) is 20.7 Å². The van der Waals surface area contributed by atoms with E-state index in [-0.39, 0.29) is 11.3 Å². The van der Waals surface area contributed by atoms with Gasteiger partial charge in [0, 0.05) is 11.5 Å². The lowest BCUT2D eigenvalue weighted by Crippen LogP contribution is -2.26. The summed E-state index contributed by atoms with van der Waals surface area (Å²) in [5.41, 5.74) is 0.470. The Bertz CT molecular complexity index is 541. The molecule has 0 aromatic heterocycles. The molecule has 0 bridgehead atoms. The number of methoxy groups -OCH3 is 1. The summed E-state index contributed by atoms with van der Waals surface area (Å²) >= 11 is 3.22. The number of esters is 1. The van der Waals surface area contributed by atoms with Crippen molar-refractivity contribution in [3.05, 3.63) is 28.2 Å². The average Bonchev–Trinajstić information content (AvgIpc) is 2.25. The first-order chi connectivity index (χ1) is 7.77. The van der Waals surface area contributed by atoms with Gasteiger partial charge in [-0.25, -0.2) is 13.2 Å². The van der Waals surface area contributed by atoms with Crippen molar-refractivity contribution in [1.82, 2.24) is 0 Å². The molecule has 0 saturated heterocycles. The number of carbonyl (C=O) groups excluding carboxylic acids is 1. The second-order valence-corrected chi connectivity index (χ2v) is 6.31. The molecule has 0 spiro atoms. The molecule has 1 aromatic rings. The zero-order valence-electron chi connectivity index (χ0n) is 9.60. The first-order valence-electron chi connectivity index (χ1n) is 4.59. The number of carbonyl (C=O) groups is 1. The summed E-state index contributed by atoms with van der Waals surface area (Å²) < 4.78 is 29.2. The van der Waals surface area contributed by atoms with Gasteiger partial charge in [0.15, 0.2) is 0 Å². The Labute approximate surface area is 109 Å². The summed E-state index contributed by atoms with van der Waals surface area (Å²) in [5, 5.41) is 0. The molecule has 0 radical (unpaired) electrons. The molecule has 0 unspecified atom stereocenters. The Balaban J connectivity index is 3.38. The molecule has 0 aliphatic rings. The normalized spacial score (nSPS) is 11.1. The number of sulfonamides is 1. The predicted octanol–water partition coefficient (Wildman–Crippen LogP) is 1.63. The Morgan fingerprint density at radius 3 is 2.47 bits per heavy atom. The third kappa shape index (κ3) is 3.19. The van der Waals surface area contributed by atoms with Crippen LogP contribution in [0.3, 0.4) is 0 Å². The third-order valence-electron chi connectivity index (χ3n) is 2.20. The van der Waals surface area contributed by atoms with Crippen molar-refractivity contribution >= 4 is 37.6 Å². The Hall–Kier alpha value is -1.08. The second kappa shape index (κ2) is 5.05. The maximum absolute atomic E-state index is 11.6. The zero-order valence-corrected chi connectivity index (χ0v) is 12.0. The monoisotopic (exact) mass is 321 g/mol. The quantitative estimate of drug-likeness (QED) is 0.794. The molecule has 5 nitrogen and oxygen atoms in total.